The zero-order valence-electron chi connectivity index (χ0n) is 10.8. The molecule has 20 heavy (non-hydrogen) atoms. The first-order valence-electron chi connectivity index (χ1n) is 5.76. The van der Waals surface area contributed by atoms with Gasteiger partial charge in [-0.3, -0.25) is 0 Å². The van der Waals surface area contributed by atoms with Crippen molar-refractivity contribution >= 4 is 0 Å². The first kappa shape index (κ1) is 14.3. The largest absolute Gasteiger partial charge is 0.438 e. The predicted octanol–water partition coefficient (Wildman–Crippen LogP) is 4.57. The third kappa shape index (κ3) is 3.07. The lowest BCUT2D eigenvalue weighted by atomic mass is 10.1. The standard InChI is InChI=1S/C14H11F4NO/c1-8-3-5-10(14(2,17)18)13(19-8)20-9-4-6-11(15)12(16)7-9/h3-7H,1-2H3. The minimum atomic E-state index is -3.16. The Morgan fingerprint density at radius 3 is 2.35 bits per heavy atom. The van der Waals surface area contributed by atoms with Gasteiger partial charge in [-0.1, -0.05) is 0 Å². The van der Waals surface area contributed by atoms with Gasteiger partial charge in [-0.05, 0) is 31.2 Å². The molecule has 0 radical (unpaired) electrons. The van der Waals surface area contributed by atoms with Gasteiger partial charge in [0.1, 0.15) is 5.75 Å². The van der Waals surface area contributed by atoms with Gasteiger partial charge in [-0.25, -0.2) is 22.5 Å². The molecule has 0 atom stereocenters. The molecule has 0 aliphatic carbocycles. The van der Waals surface area contributed by atoms with Crippen molar-refractivity contribution in [3.8, 4) is 11.6 Å². The molecule has 0 spiro atoms. The van der Waals surface area contributed by atoms with Crippen LogP contribution in [0, 0.1) is 18.6 Å². The summed E-state index contributed by atoms with van der Waals surface area (Å²) in [7, 11) is 0. The van der Waals surface area contributed by atoms with Crippen LogP contribution in [-0.4, -0.2) is 4.98 Å². The maximum Gasteiger partial charge on any atom is 0.275 e. The second-order valence-electron chi connectivity index (χ2n) is 4.37. The molecule has 2 aromatic rings. The molecule has 106 valence electrons. The number of ether oxygens (including phenoxy) is 1. The number of nitrogens with zero attached hydrogens (tertiary/aromatic N) is 1. The van der Waals surface area contributed by atoms with Gasteiger partial charge in [0.25, 0.3) is 5.92 Å². The van der Waals surface area contributed by atoms with Crippen molar-refractivity contribution < 1.29 is 22.3 Å². The number of hydrogen-bond acceptors (Lipinski definition) is 2. The number of alkyl halides is 2. The Balaban J connectivity index is 2.42. The predicted molar refractivity (Wildman–Crippen MR) is 65.0 cm³/mol. The van der Waals surface area contributed by atoms with Gasteiger partial charge in [-0.2, -0.15) is 0 Å². The summed E-state index contributed by atoms with van der Waals surface area (Å²) < 4.78 is 57.9. The van der Waals surface area contributed by atoms with Gasteiger partial charge in [0, 0.05) is 18.7 Å². The second kappa shape index (κ2) is 5.11. The van der Waals surface area contributed by atoms with Crippen LogP contribution in [0.25, 0.3) is 0 Å². The molecule has 0 amide bonds. The molecule has 0 unspecified atom stereocenters. The number of pyridine rings is 1. The summed E-state index contributed by atoms with van der Waals surface area (Å²) >= 11 is 0. The fraction of sp³-hybridized carbons (Fsp3) is 0.214. The molecule has 2 nitrogen and oxygen atoms in total. The van der Waals surface area contributed by atoms with Crippen LogP contribution in [0.1, 0.15) is 18.2 Å². The fourth-order valence-electron chi connectivity index (χ4n) is 1.60. The monoisotopic (exact) mass is 285 g/mol. The van der Waals surface area contributed by atoms with Gasteiger partial charge < -0.3 is 4.74 Å². The first-order valence-corrected chi connectivity index (χ1v) is 5.76. The van der Waals surface area contributed by atoms with Crippen molar-refractivity contribution in [1.82, 2.24) is 4.98 Å². The molecule has 1 aromatic carbocycles. The van der Waals surface area contributed by atoms with Crippen LogP contribution in [0.5, 0.6) is 11.6 Å². The Morgan fingerprint density at radius 1 is 1.05 bits per heavy atom. The summed E-state index contributed by atoms with van der Waals surface area (Å²) in [5.74, 6) is -5.76. The number of aromatic nitrogens is 1. The molecule has 1 aromatic heterocycles. The average molecular weight is 285 g/mol. The molecule has 0 bridgehead atoms. The summed E-state index contributed by atoms with van der Waals surface area (Å²) in [5.41, 5.74) is 0.0448. The van der Waals surface area contributed by atoms with Crippen LogP contribution in [0.4, 0.5) is 17.6 Å². The average Bonchev–Trinajstić information content (AvgIpc) is 2.32. The Labute approximate surface area is 113 Å². The molecule has 1 heterocycles. The van der Waals surface area contributed by atoms with E-state index in [2.05, 4.69) is 4.98 Å². The van der Waals surface area contributed by atoms with Crippen molar-refractivity contribution in [2.45, 2.75) is 19.8 Å². The van der Waals surface area contributed by atoms with Gasteiger partial charge in [0.15, 0.2) is 11.6 Å². The summed E-state index contributed by atoms with van der Waals surface area (Å²) in [6.07, 6.45) is 0. The first-order chi connectivity index (χ1) is 9.27. The lowest BCUT2D eigenvalue weighted by Crippen LogP contribution is -2.10. The van der Waals surface area contributed by atoms with Crippen LogP contribution < -0.4 is 4.74 Å². The maximum atomic E-state index is 13.4. The molecule has 0 saturated carbocycles. The Hall–Kier alpha value is -2.11. The highest BCUT2D eigenvalue weighted by Crippen LogP contribution is 2.35. The molecule has 6 heteroatoms. The Kier molecular flexibility index (Phi) is 3.65. The van der Waals surface area contributed by atoms with Gasteiger partial charge in [0.2, 0.25) is 5.88 Å². The molecule has 0 saturated heterocycles. The maximum absolute atomic E-state index is 13.4. The van der Waals surface area contributed by atoms with Crippen molar-refractivity contribution in [2.75, 3.05) is 0 Å². The number of aryl methyl sites for hydroxylation is 1. The van der Waals surface area contributed by atoms with E-state index in [1.54, 1.807) is 6.92 Å². The molecule has 2 rings (SSSR count). The second-order valence-corrected chi connectivity index (χ2v) is 4.37. The molecular formula is C14H11F4NO. The molecule has 0 fully saturated rings. The van der Waals surface area contributed by atoms with Crippen LogP contribution in [-0.2, 0) is 5.92 Å². The zero-order valence-corrected chi connectivity index (χ0v) is 10.8. The Bertz CT molecular complexity index is 638. The van der Waals surface area contributed by atoms with E-state index in [1.807, 2.05) is 0 Å². The quantitative estimate of drug-likeness (QED) is 0.770. The van der Waals surface area contributed by atoms with E-state index in [0.717, 1.165) is 18.2 Å². The van der Waals surface area contributed by atoms with Gasteiger partial charge in [0.05, 0.1) is 5.56 Å². The number of halogens is 4. The van der Waals surface area contributed by atoms with E-state index in [9.17, 15) is 17.6 Å². The van der Waals surface area contributed by atoms with Crippen LogP contribution in [0.2, 0.25) is 0 Å². The molecule has 0 aliphatic heterocycles. The summed E-state index contributed by atoms with van der Waals surface area (Å²) in [6.45, 7) is 2.31. The fourth-order valence-corrected chi connectivity index (χ4v) is 1.60. The smallest absolute Gasteiger partial charge is 0.275 e. The van der Waals surface area contributed by atoms with Crippen molar-refractivity contribution in [3.05, 3.63) is 53.2 Å². The number of benzene rings is 1. The van der Waals surface area contributed by atoms with Crippen molar-refractivity contribution in [3.63, 3.8) is 0 Å². The van der Waals surface area contributed by atoms with E-state index in [1.165, 1.54) is 12.1 Å². The van der Waals surface area contributed by atoms with Gasteiger partial charge >= 0.3 is 0 Å². The number of rotatable bonds is 3. The van der Waals surface area contributed by atoms with E-state index in [4.69, 9.17) is 4.74 Å². The van der Waals surface area contributed by atoms with E-state index in [0.29, 0.717) is 12.6 Å². The lowest BCUT2D eigenvalue weighted by molar-refractivity contribution is 0.0149. The highest BCUT2D eigenvalue weighted by Gasteiger charge is 2.30. The van der Waals surface area contributed by atoms with Crippen LogP contribution >= 0.6 is 0 Å². The van der Waals surface area contributed by atoms with E-state index >= 15 is 0 Å². The van der Waals surface area contributed by atoms with Crippen molar-refractivity contribution in [2.24, 2.45) is 0 Å². The lowest BCUT2D eigenvalue weighted by Gasteiger charge is -2.15. The van der Waals surface area contributed by atoms with Crippen molar-refractivity contribution in [1.29, 1.82) is 0 Å². The highest BCUT2D eigenvalue weighted by atomic mass is 19.3. The van der Waals surface area contributed by atoms with Gasteiger partial charge in [-0.15, -0.1) is 0 Å². The number of hydrogen-bond donors (Lipinski definition) is 0. The topological polar surface area (TPSA) is 22.1 Å². The van der Waals surface area contributed by atoms with E-state index < -0.39 is 23.1 Å². The normalized spacial score (nSPS) is 11.5. The minimum absolute atomic E-state index is 0.104. The Morgan fingerprint density at radius 2 is 1.75 bits per heavy atom. The summed E-state index contributed by atoms with van der Waals surface area (Å²) in [4.78, 5) is 3.87. The summed E-state index contributed by atoms with van der Waals surface area (Å²) in [6, 6.07) is 5.38. The third-order valence-corrected chi connectivity index (χ3v) is 2.58. The summed E-state index contributed by atoms with van der Waals surface area (Å²) in [5, 5.41) is 0. The molecule has 0 aliphatic rings. The van der Waals surface area contributed by atoms with Crippen LogP contribution in [0.3, 0.4) is 0 Å². The highest BCUT2D eigenvalue weighted by molar-refractivity contribution is 5.36. The third-order valence-electron chi connectivity index (χ3n) is 2.58. The van der Waals surface area contributed by atoms with Crippen LogP contribution in [0.15, 0.2) is 30.3 Å². The molecule has 0 N–H and O–H groups in total. The molecular weight excluding hydrogens is 274 g/mol. The van der Waals surface area contributed by atoms with E-state index in [-0.39, 0.29) is 11.6 Å². The zero-order chi connectivity index (χ0) is 14.9. The SMILES string of the molecule is Cc1ccc(C(C)(F)F)c(Oc2ccc(F)c(F)c2)n1. The minimum Gasteiger partial charge on any atom is -0.438 e.